The van der Waals surface area contributed by atoms with Gasteiger partial charge in [0.1, 0.15) is 17.4 Å². The number of nitrogens with zero attached hydrogens (tertiary/aromatic N) is 2. The highest BCUT2D eigenvalue weighted by Crippen LogP contribution is 2.17. The highest BCUT2D eigenvalue weighted by Gasteiger charge is 2.22. The van der Waals surface area contributed by atoms with E-state index in [9.17, 15) is 12.8 Å². The van der Waals surface area contributed by atoms with Gasteiger partial charge in [0.2, 0.25) is 10.0 Å². The van der Waals surface area contributed by atoms with E-state index in [0.717, 1.165) is 16.1 Å². The van der Waals surface area contributed by atoms with E-state index in [0.29, 0.717) is 12.2 Å². The van der Waals surface area contributed by atoms with Crippen molar-refractivity contribution in [1.82, 2.24) is 4.31 Å². The maximum atomic E-state index is 13.1. The van der Waals surface area contributed by atoms with Crippen molar-refractivity contribution < 1.29 is 22.3 Å². The lowest BCUT2D eigenvalue weighted by Crippen LogP contribution is -2.36. The van der Waals surface area contributed by atoms with E-state index in [4.69, 9.17) is 9.47 Å². The van der Waals surface area contributed by atoms with Gasteiger partial charge in [-0.25, -0.2) is 12.8 Å². The van der Waals surface area contributed by atoms with Gasteiger partial charge in [-0.15, -0.1) is 6.58 Å². The number of halogens is 1. The Hall–Kier alpha value is -3.23. The average Bonchev–Trinajstić information content (AvgIpc) is 2.74. The van der Waals surface area contributed by atoms with E-state index < -0.39 is 16.1 Å². The second-order valence-electron chi connectivity index (χ2n) is 6.94. The van der Waals surface area contributed by atoms with Gasteiger partial charge in [0.05, 0.1) is 25.5 Å². The van der Waals surface area contributed by atoms with E-state index >= 15 is 0 Å². The number of benzene rings is 2. The lowest BCUT2D eigenvalue weighted by atomic mass is 10.2. The molecule has 2 aromatic rings. The molecule has 0 N–H and O–H groups in total. The van der Waals surface area contributed by atoms with Crippen LogP contribution in [0.2, 0.25) is 0 Å². The third kappa shape index (κ3) is 7.79. The summed E-state index contributed by atoms with van der Waals surface area (Å²) in [5, 5.41) is 0. The standard InChI is InChI=1S/C24H27FN2O4S/c1-6-24(30-17-21-10-8-7-9-11-21)16-27(32(5,28)29)19(3)26-20(4)31-18(2)22-12-14-23(25)15-13-22/h6-15,24H,1-3,16-17H2,4-5H3/b26-20+/t24-/m0/s1. The van der Waals surface area contributed by atoms with E-state index in [1.807, 2.05) is 30.3 Å². The molecule has 32 heavy (non-hydrogen) atoms. The van der Waals surface area contributed by atoms with Gasteiger partial charge < -0.3 is 9.47 Å². The lowest BCUT2D eigenvalue weighted by Gasteiger charge is -2.26. The van der Waals surface area contributed by atoms with Crippen LogP contribution in [0.3, 0.4) is 0 Å². The second kappa shape index (κ2) is 11.4. The van der Waals surface area contributed by atoms with Gasteiger partial charge in [0.25, 0.3) is 0 Å². The summed E-state index contributed by atoms with van der Waals surface area (Å²) in [6.07, 6.45) is 1.99. The normalized spacial score (nSPS) is 12.7. The molecular weight excluding hydrogens is 431 g/mol. The van der Waals surface area contributed by atoms with Gasteiger partial charge in [-0.05, 0) is 29.8 Å². The zero-order valence-electron chi connectivity index (χ0n) is 18.2. The third-order valence-electron chi connectivity index (χ3n) is 4.33. The number of hydrogen-bond donors (Lipinski definition) is 0. The molecule has 2 aromatic carbocycles. The van der Waals surface area contributed by atoms with E-state index in [-0.39, 0.29) is 29.8 Å². The summed E-state index contributed by atoms with van der Waals surface area (Å²) in [4.78, 5) is 4.15. The first kappa shape index (κ1) is 25.0. The summed E-state index contributed by atoms with van der Waals surface area (Å²) in [5.74, 6) is -0.0686. The quantitative estimate of drug-likeness (QED) is 0.211. The SMILES string of the molecule is C=C[C@@H](CN(C(=C)/N=C(\C)OC(=C)c1ccc(F)cc1)S(C)(=O)=O)OCc1ccccc1. The van der Waals surface area contributed by atoms with Crippen LogP contribution in [0.25, 0.3) is 5.76 Å². The number of rotatable bonds is 11. The number of aliphatic imine (C=N–C) groups is 1. The summed E-state index contributed by atoms with van der Waals surface area (Å²) < 4.78 is 50.2. The van der Waals surface area contributed by atoms with Gasteiger partial charge in [-0.3, -0.25) is 4.31 Å². The van der Waals surface area contributed by atoms with Gasteiger partial charge >= 0.3 is 0 Å². The predicted octanol–water partition coefficient (Wildman–Crippen LogP) is 4.74. The number of ether oxygens (including phenoxy) is 2. The van der Waals surface area contributed by atoms with Crippen LogP contribution in [0.5, 0.6) is 0 Å². The van der Waals surface area contributed by atoms with Crippen molar-refractivity contribution in [2.45, 2.75) is 19.6 Å². The van der Waals surface area contributed by atoms with Crippen LogP contribution in [-0.4, -0.2) is 37.5 Å². The molecule has 0 spiro atoms. The van der Waals surface area contributed by atoms with Crippen LogP contribution in [0.15, 0.2) is 91.2 Å². The Balaban J connectivity index is 2.08. The Labute approximate surface area is 189 Å². The van der Waals surface area contributed by atoms with Crippen LogP contribution in [0, 0.1) is 5.82 Å². The van der Waals surface area contributed by atoms with Crippen molar-refractivity contribution in [3.63, 3.8) is 0 Å². The zero-order valence-corrected chi connectivity index (χ0v) is 19.0. The molecule has 8 heteroatoms. The summed E-state index contributed by atoms with van der Waals surface area (Å²) >= 11 is 0. The fraction of sp³-hybridized carbons (Fsp3) is 0.208. The monoisotopic (exact) mass is 458 g/mol. The molecule has 0 aliphatic rings. The van der Waals surface area contributed by atoms with Gasteiger partial charge in [0.15, 0.2) is 5.90 Å². The Kier molecular flexibility index (Phi) is 8.92. The Morgan fingerprint density at radius 1 is 1.16 bits per heavy atom. The van der Waals surface area contributed by atoms with E-state index in [1.54, 1.807) is 0 Å². The Bertz CT molecular complexity index is 1080. The molecule has 0 unspecified atom stereocenters. The molecule has 1 atom stereocenters. The fourth-order valence-electron chi connectivity index (χ4n) is 2.70. The van der Waals surface area contributed by atoms with Crippen molar-refractivity contribution >= 4 is 21.7 Å². The molecular formula is C24H27FN2O4S. The van der Waals surface area contributed by atoms with Crippen LogP contribution >= 0.6 is 0 Å². The van der Waals surface area contributed by atoms with Gasteiger partial charge in [-0.1, -0.05) is 49.6 Å². The van der Waals surface area contributed by atoms with Crippen molar-refractivity contribution in [2.24, 2.45) is 4.99 Å². The molecule has 0 heterocycles. The van der Waals surface area contributed by atoms with Crippen LogP contribution < -0.4 is 0 Å². The average molecular weight is 459 g/mol. The molecule has 0 aliphatic carbocycles. The fourth-order valence-corrected chi connectivity index (χ4v) is 3.54. The molecule has 0 aliphatic heterocycles. The van der Waals surface area contributed by atoms with Crippen LogP contribution in [-0.2, 0) is 26.1 Å². The third-order valence-corrected chi connectivity index (χ3v) is 5.49. The van der Waals surface area contributed by atoms with Crippen molar-refractivity contribution in [2.75, 3.05) is 12.8 Å². The largest absolute Gasteiger partial charge is 0.443 e. The van der Waals surface area contributed by atoms with Crippen molar-refractivity contribution in [3.8, 4) is 0 Å². The maximum absolute atomic E-state index is 13.1. The minimum Gasteiger partial charge on any atom is -0.443 e. The lowest BCUT2D eigenvalue weighted by molar-refractivity contribution is 0.0633. The Morgan fingerprint density at radius 2 is 1.78 bits per heavy atom. The zero-order chi connectivity index (χ0) is 23.7. The first-order valence-corrected chi connectivity index (χ1v) is 11.6. The van der Waals surface area contributed by atoms with Crippen molar-refractivity contribution in [3.05, 3.63) is 103 Å². The highest BCUT2D eigenvalue weighted by atomic mass is 32.2. The van der Waals surface area contributed by atoms with Crippen LogP contribution in [0.4, 0.5) is 4.39 Å². The minimum absolute atomic E-state index is 0.0490. The summed E-state index contributed by atoms with van der Waals surface area (Å²) in [5.41, 5.74) is 1.51. The molecule has 0 amide bonds. The molecule has 0 saturated carbocycles. The first-order valence-electron chi connectivity index (χ1n) is 9.73. The molecule has 0 radical (unpaired) electrons. The van der Waals surface area contributed by atoms with E-state index in [1.165, 1.54) is 37.3 Å². The highest BCUT2D eigenvalue weighted by molar-refractivity contribution is 7.88. The molecule has 6 nitrogen and oxygen atoms in total. The number of hydrogen-bond acceptors (Lipinski definition) is 5. The smallest absolute Gasteiger partial charge is 0.233 e. The van der Waals surface area contributed by atoms with Gasteiger partial charge in [0, 0.05) is 12.5 Å². The topological polar surface area (TPSA) is 68.2 Å². The van der Waals surface area contributed by atoms with E-state index in [2.05, 4.69) is 24.7 Å². The second-order valence-corrected chi connectivity index (χ2v) is 8.85. The predicted molar refractivity (Wildman–Crippen MR) is 126 cm³/mol. The Morgan fingerprint density at radius 3 is 2.34 bits per heavy atom. The first-order chi connectivity index (χ1) is 15.1. The summed E-state index contributed by atoms with van der Waals surface area (Å²) in [6, 6.07) is 15.1. The van der Waals surface area contributed by atoms with Gasteiger partial charge in [-0.2, -0.15) is 4.99 Å². The minimum atomic E-state index is -3.70. The molecule has 0 bridgehead atoms. The van der Waals surface area contributed by atoms with Crippen LogP contribution in [0.1, 0.15) is 18.1 Å². The summed E-state index contributed by atoms with van der Waals surface area (Å²) in [6.45, 7) is 13.1. The molecule has 0 fully saturated rings. The molecule has 0 saturated heterocycles. The molecule has 2 rings (SSSR count). The summed E-state index contributed by atoms with van der Waals surface area (Å²) in [7, 11) is -3.70. The maximum Gasteiger partial charge on any atom is 0.233 e. The number of sulfonamides is 1. The molecule has 170 valence electrons. The van der Waals surface area contributed by atoms with Crippen molar-refractivity contribution in [1.29, 1.82) is 0 Å². The molecule has 0 aromatic heterocycles.